The molecule has 1 N–H and O–H groups in total. The molecule has 6 nitrogen and oxygen atoms in total. The summed E-state index contributed by atoms with van der Waals surface area (Å²) >= 11 is 1.32. The summed E-state index contributed by atoms with van der Waals surface area (Å²) in [6.45, 7) is 6.45. The predicted molar refractivity (Wildman–Crippen MR) is 124 cm³/mol. The fraction of sp³-hybridized carbons (Fsp3) is 0.167. The van der Waals surface area contributed by atoms with Crippen molar-refractivity contribution in [2.24, 2.45) is 0 Å². The number of aromatic nitrogens is 3. The summed E-state index contributed by atoms with van der Waals surface area (Å²) in [4.78, 5) is 34.1. The SMILES string of the molecule is Cc1ccc(Cn2ccc(C(=O)Nc3nc(-c4cccc(C)n4)cs3)cc2=O)c(C)c1. The number of rotatable bonds is 5. The molecule has 0 saturated carbocycles. The summed E-state index contributed by atoms with van der Waals surface area (Å²) in [5, 5.41) is 5.07. The molecule has 156 valence electrons. The topological polar surface area (TPSA) is 76.9 Å². The second-order valence-electron chi connectivity index (χ2n) is 7.47. The highest BCUT2D eigenvalue weighted by atomic mass is 32.1. The number of anilines is 1. The van der Waals surface area contributed by atoms with Crippen LogP contribution in [0.15, 0.2) is 64.9 Å². The molecule has 0 aliphatic carbocycles. The number of carbonyl (C=O) groups is 1. The van der Waals surface area contributed by atoms with Crippen LogP contribution in [-0.4, -0.2) is 20.4 Å². The van der Waals surface area contributed by atoms with Crippen LogP contribution in [0.1, 0.15) is 32.7 Å². The van der Waals surface area contributed by atoms with E-state index in [2.05, 4.69) is 21.4 Å². The summed E-state index contributed by atoms with van der Waals surface area (Å²) in [6.07, 6.45) is 1.65. The average Bonchev–Trinajstić information content (AvgIpc) is 3.20. The largest absolute Gasteiger partial charge is 0.311 e. The second-order valence-corrected chi connectivity index (χ2v) is 8.33. The van der Waals surface area contributed by atoms with E-state index < -0.39 is 0 Å². The highest BCUT2D eigenvalue weighted by Gasteiger charge is 2.12. The Morgan fingerprint density at radius 3 is 2.61 bits per heavy atom. The van der Waals surface area contributed by atoms with Gasteiger partial charge in [0, 0.05) is 28.9 Å². The number of benzene rings is 1. The fourth-order valence-corrected chi connectivity index (χ4v) is 3.99. The first-order chi connectivity index (χ1) is 14.9. The number of hydrogen-bond acceptors (Lipinski definition) is 5. The van der Waals surface area contributed by atoms with Crippen LogP contribution >= 0.6 is 11.3 Å². The van der Waals surface area contributed by atoms with E-state index in [0.717, 1.165) is 22.5 Å². The van der Waals surface area contributed by atoms with Crippen LogP contribution in [0.4, 0.5) is 5.13 Å². The van der Waals surface area contributed by atoms with Crippen molar-refractivity contribution in [1.82, 2.24) is 14.5 Å². The Morgan fingerprint density at radius 1 is 1.03 bits per heavy atom. The zero-order valence-corrected chi connectivity index (χ0v) is 18.4. The van der Waals surface area contributed by atoms with E-state index >= 15 is 0 Å². The van der Waals surface area contributed by atoms with Crippen molar-refractivity contribution >= 4 is 22.4 Å². The monoisotopic (exact) mass is 430 g/mol. The van der Waals surface area contributed by atoms with Gasteiger partial charge in [-0.2, -0.15) is 0 Å². The molecule has 31 heavy (non-hydrogen) atoms. The Balaban J connectivity index is 1.48. The van der Waals surface area contributed by atoms with E-state index in [-0.39, 0.29) is 11.5 Å². The third-order valence-corrected chi connectivity index (χ3v) is 5.73. The van der Waals surface area contributed by atoms with Gasteiger partial charge in [-0.05, 0) is 50.1 Å². The molecule has 1 amide bonds. The van der Waals surface area contributed by atoms with Crippen molar-refractivity contribution < 1.29 is 4.79 Å². The van der Waals surface area contributed by atoms with Crippen molar-refractivity contribution in [3.8, 4) is 11.4 Å². The Kier molecular flexibility index (Phi) is 5.77. The van der Waals surface area contributed by atoms with Gasteiger partial charge in [-0.3, -0.25) is 19.9 Å². The third-order valence-electron chi connectivity index (χ3n) is 4.97. The number of nitrogens with zero attached hydrogens (tertiary/aromatic N) is 3. The van der Waals surface area contributed by atoms with E-state index in [4.69, 9.17) is 0 Å². The smallest absolute Gasteiger partial charge is 0.257 e. The zero-order chi connectivity index (χ0) is 22.0. The van der Waals surface area contributed by atoms with Crippen molar-refractivity contribution in [3.05, 3.63) is 98.4 Å². The molecule has 0 unspecified atom stereocenters. The summed E-state index contributed by atoms with van der Waals surface area (Å²) in [5.74, 6) is -0.367. The minimum atomic E-state index is -0.367. The molecule has 0 bridgehead atoms. The van der Waals surface area contributed by atoms with Crippen LogP contribution < -0.4 is 10.9 Å². The van der Waals surface area contributed by atoms with Crippen molar-refractivity contribution in [1.29, 1.82) is 0 Å². The lowest BCUT2D eigenvalue weighted by molar-refractivity contribution is 0.102. The van der Waals surface area contributed by atoms with Gasteiger partial charge in [0.05, 0.1) is 12.2 Å². The lowest BCUT2D eigenvalue weighted by atomic mass is 10.1. The van der Waals surface area contributed by atoms with Gasteiger partial charge in [0.2, 0.25) is 0 Å². The van der Waals surface area contributed by atoms with E-state index in [0.29, 0.717) is 22.9 Å². The fourth-order valence-electron chi connectivity index (χ4n) is 3.29. The van der Waals surface area contributed by atoms with Crippen molar-refractivity contribution in [2.75, 3.05) is 5.32 Å². The predicted octanol–water partition coefficient (Wildman–Crippen LogP) is 4.59. The van der Waals surface area contributed by atoms with Crippen molar-refractivity contribution in [3.63, 3.8) is 0 Å². The molecule has 0 saturated heterocycles. The quantitative estimate of drug-likeness (QED) is 0.502. The molecule has 0 spiro atoms. The lowest BCUT2D eigenvalue weighted by Crippen LogP contribution is -2.23. The molecule has 0 aliphatic rings. The van der Waals surface area contributed by atoms with Gasteiger partial charge in [0.15, 0.2) is 5.13 Å². The summed E-state index contributed by atoms with van der Waals surface area (Å²) in [6, 6.07) is 14.9. The standard InChI is InChI=1S/C24H22N4O2S/c1-15-7-8-19(16(2)11-15)13-28-10-9-18(12-22(28)29)23(30)27-24-26-21(14-31-24)20-6-4-5-17(3)25-20/h4-12,14H,13H2,1-3H3,(H,26,27,30). The third kappa shape index (κ3) is 4.78. The Morgan fingerprint density at radius 2 is 1.87 bits per heavy atom. The first kappa shape index (κ1) is 20.7. The van der Waals surface area contributed by atoms with E-state index in [1.54, 1.807) is 16.8 Å². The number of thiazole rings is 1. The van der Waals surface area contributed by atoms with Gasteiger partial charge in [-0.25, -0.2) is 4.98 Å². The number of pyridine rings is 2. The zero-order valence-electron chi connectivity index (χ0n) is 17.5. The van der Waals surface area contributed by atoms with Crippen LogP contribution in [0.2, 0.25) is 0 Å². The van der Waals surface area contributed by atoms with Crippen LogP contribution in [-0.2, 0) is 6.54 Å². The molecule has 3 aromatic heterocycles. The van der Waals surface area contributed by atoms with Crippen LogP contribution in [0.3, 0.4) is 0 Å². The van der Waals surface area contributed by atoms with Crippen LogP contribution in [0.5, 0.6) is 0 Å². The summed E-state index contributed by atoms with van der Waals surface area (Å²) < 4.78 is 1.60. The molecule has 0 atom stereocenters. The van der Waals surface area contributed by atoms with E-state index in [1.165, 1.54) is 23.0 Å². The molecule has 7 heteroatoms. The molecule has 1 aromatic carbocycles. The molecule has 4 aromatic rings. The Hall–Kier alpha value is -3.58. The Bertz CT molecular complexity index is 1320. The van der Waals surface area contributed by atoms with Gasteiger partial charge >= 0.3 is 0 Å². The number of carbonyl (C=O) groups excluding carboxylic acids is 1. The maximum Gasteiger partial charge on any atom is 0.257 e. The molecule has 0 fully saturated rings. The summed E-state index contributed by atoms with van der Waals surface area (Å²) in [5.41, 5.74) is 5.82. The van der Waals surface area contributed by atoms with Crippen molar-refractivity contribution in [2.45, 2.75) is 27.3 Å². The minimum Gasteiger partial charge on any atom is -0.311 e. The highest BCUT2D eigenvalue weighted by molar-refractivity contribution is 7.14. The second kappa shape index (κ2) is 8.65. The van der Waals surface area contributed by atoms with Crippen LogP contribution in [0.25, 0.3) is 11.4 Å². The van der Waals surface area contributed by atoms with Gasteiger partial charge in [-0.1, -0.05) is 29.8 Å². The number of amides is 1. The maximum absolute atomic E-state index is 12.6. The molecular weight excluding hydrogens is 408 g/mol. The van der Waals surface area contributed by atoms with Gasteiger partial charge in [-0.15, -0.1) is 11.3 Å². The molecule has 0 aliphatic heterocycles. The van der Waals surface area contributed by atoms with Gasteiger partial charge in [0.25, 0.3) is 11.5 Å². The lowest BCUT2D eigenvalue weighted by Gasteiger charge is -2.10. The Labute approximate surface area is 184 Å². The average molecular weight is 431 g/mol. The normalized spacial score (nSPS) is 10.8. The van der Waals surface area contributed by atoms with Crippen LogP contribution in [0, 0.1) is 20.8 Å². The molecular formula is C24H22N4O2S. The first-order valence-electron chi connectivity index (χ1n) is 9.86. The van der Waals surface area contributed by atoms with Gasteiger partial charge in [0.1, 0.15) is 5.69 Å². The van der Waals surface area contributed by atoms with Gasteiger partial charge < -0.3 is 4.57 Å². The minimum absolute atomic E-state index is 0.226. The molecule has 3 heterocycles. The number of aryl methyl sites for hydroxylation is 3. The highest BCUT2D eigenvalue weighted by Crippen LogP contribution is 2.24. The maximum atomic E-state index is 12.6. The summed E-state index contributed by atoms with van der Waals surface area (Å²) in [7, 11) is 0. The van der Waals surface area contributed by atoms with E-state index in [9.17, 15) is 9.59 Å². The number of hydrogen-bond donors (Lipinski definition) is 1. The van der Waals surface area contributed by atoms with E-state index in [1.807, 2.05) is 56.5 Å². The molecule has 0 radical (unpaired) electrons. The number of nitrogens with one attached hydrogen (secondary N) is 1. The molecule has 4 rings (SSSR count). The first-order valence-corrected chi connectivity index (χ1v) is 10.7.